The zero-order chi connectivity index (χ0) is 18.9. The summed E-state index contributed by atoms with van der Waals surface area (Å²) in [4.78, 5) is 20.8. The number of guanidine groups is 1. The molecule has 26 heavy (non-hydrogen) atoms. The van der Waals surface area contributed by atoms with E-state index in [1.165, 1.54) is 0 Å². The number of para-hydroxylation sites is 1. The molecule has 1 fully saturated rings. The van der Waals surface area contributed by atoms with Crippen LogP contribution in [0.5, 0.6) is 0 Å². The number of amides is 1. The smallest absolute Gasteiger partial charge is 0.222 e. The minimum Gasteiger partial charge on any atom is -0.367 e. The highest BCUT2D eigenvalue weighted by Gasteiger charge is 2.20. The molecule has 0 bridgehead atoms. The number of aliphatic imine (C=N–C) groups is 1. The van der Waals surface area contributed by atoms with Crippen molar-refractivity contribution in [2.45, 2.75) is 20.8 Å². The molecule has 1 aromatic carbocycles. The van der Waals surface area contributed by atoms with Crippen LogP contribution in [-0.2, 0) is 4.79 Å². The number of anilines is 1. The van der Waals surface area contributed by atoms with Crippen LogP contribution < -0.4 is 15.5 Å². The minimum atomic E-state index is 0.00473. The number of carbonyl (C=O) groups excluding carboxylic acids is 1. The van der Waals surface area contributed by atoms with Gasteiger partial charge in [-0.2, -0.15) is 0 Å². The number of hydrogen-bond donors (Lipinski definition) is 2. The lowest BCUT2D eigenvalue weighted by Crippen LogP contribution is -2.52. The quantitative estimate of drug-likeness (QED) is 0.452. The molecular formula is C19H30ClN5O. The molecular weight excluding hydrogens is 350 g/mol. The molecule has 6 nitrogen and oxygen atoms in total. The Bertz CT molecular complexity index is 612. The number of benzene rings is 1. The molecule has 0 saturated carbocycles. The predicted molar refractivity (Wildman–Crippen MR) is 109 cm³/mol. The minimum absolute atomic E-state index is 0.00473. The number of piperazine rings is 1. The monoisotopic (exact) mass is 379 g/mol. The van der Waals surface area contributed by atoms with Crippen LogP contribution in [0.15, 0.2) is 29.3 Å². The summed E-state index contributed by atoms with van der Waals surface area (Å²) >= 11 is 6.31. The molecule has 2 N–H and O–H groups in total. The van der Waals surface area contributed by atoms with Gasteiger partial charge in [0.1, 0.15) is 0 Å². The van der Waals surface area contributed by atoms with Gasteiger partial charge in [0.2, 0.25) is 5.91 Å². The number of nitrogens with zero attached hydrogens (tertiary/aromatic N) is 3. The van der Waals surface area contributed by atoms with Gasteiger partial charge in [0.25, 0.3) is 0 Å². The Balaban J connectivity index is 1.88. The predicted octanol–water partition coefficient (Wildman–Crippen LogP) is 2.20. The molecule has 7 heteroatoms. The highest BCUT2D eigenvalue weighted by atomic mass is 35.5. The highest BCUT2D eigenvalue weighted by molar-refractivity contribution is 6.33. The molecule has 0 atom stereocenters. The van der Waals surface area contributed by atoms with Crippen LogP contribution in [0.1, 0.15) is 20.8 Å². The number of carbonyl (C=O) groups is 1. The van der Waals surface area contributed by atoms with E-state index in [0.717, 1.165) is 49.4 Å². The van der Waals surface area contributed by atoms with Crippen LogP contribution in [0.3, 0.4) is 0 Å². The molecule has 0 unspecified atom stereocenters. The lowest BCUT2D eigenvalue weighted by atomic mass is 10.2. The molecule has 1 heterocycles. The van der Waals surface area contributed by atoms with E-state index in [1.54, 1.807) is 0 Å². The maximum atomic E-state index is 11.6. The van der Waals surface area contributed by atoms with Crippen LogP contribution in [0.25, 0.3) is 0 Å². The van der Waals surface area contributed by atoms with Crippen molar-refractivity contribution in [3.63, 3.8) is 0 Å². The van der Waals surface area contributed by atoms with E-state index in [1.807, 2.05) is 32.0 Å². The van der Waals surface area contributed by atoms with E-state index in [2.05, 4.69) is 38.4 Å². The fraction of sp³-hybridized carbons (Fsp3) is 0.579. The van der Waals surface area contributed by atoms with E-state index in [0.29, 0.717) is 13.1 Å². The first-order valence-electron chi connectivity index (χ1n) is 9.33. The van der Waals surface area contributed by atoms with Gasteiger partial charge >= 0.3 is 0 Å². The van der Waals surface area contributed by atoms with E-state index in [4.69, 9.17) is 11.6 Å². The molecule has 1 saturated heterocycles. The topological polar surface area (TPSA) is 60.0 Å². The lowest BCUT2D eigenvalue weighted by molar-refractivity contribution is -0.123. The van der Waals surface area contributed by atoms with Gasteiger partial charge in [-0.1, -0.05) is 37.6 Å². The van der Waals surface area contributed by atoms with E-state index in [-0.39, 0.29) is 11.8 Å². The van der Waals surface area contributed by atoms with E-state index in [9.17, 15) is 4.79 Å². The van der Waals surface area contributed by atoms with Crippen LogP contribution in [0, 0.1) is 5.92 Å². The number of nitrogens with one attached hydrogen (secondary N) is 2. The normalized spacial score (nSPS) is 15.3. The zero-order valence-electron chi connectivity index (χ0n) is 16.0. The summed E-state index contributed by atoms with van der Waals surface area (Å²) < 4.78 is 0. The summed E-state index contributed by atoms with van der Waals surface area (Å²) in [7, 11) is 0. The van der Waals surface area contributed by atoms with Gasteiger partial charge in [-0.3, -0.25) is 9.79 Å². The van der Waals surface area contributed by atoms with Gasteiger partial charge in [-0.15, -0.1) is 0 Å². The average Bonchev–Trinajstić information content (AvgIpc) is 2.64. The molecule has 1 aliphatic rings. The summed E-state index contributed by atoms with van der Waals surface area (Å²) in [5.41, 5.74) is 1.09. The SMILES string of the molecule is CCNC(=NCCNC(=O)C(C)C)N1CCN(c2ccccc2Cl)CC1. The van der Waals surface area contributed by atoms with Crippen LogP contribution >= 0.6 is 11.6 Å². The summed E-state index contributed by atoms with van der Waals surface area (Å²) in [6.45, 7) is 11.4. The third-order valence-electron chi connectivity index (χ3n) is 4.30. The second-order valence-electron chi connectivity index (χ2n) is 6.61. The van der Waals surface area contributed by atoms with E-state index >= 15 is 0 Å². The summed E-state index contributed by atoms with van der Waals surface area (Å²) in [5.74, 6) is 0.980. The van der Waals surface area contributed by atoms with Crippen molar-refractivity contribution in [1.29, 1.82) is 0 Å². The number of halogens is 1. The summed E-state index contributed by atoms with van der Waals surface area (Å²) in [6, 6.07) is 7.97. The average molecular weight is 380 g/mol. The molecule has 0 aromatic heterocycles. The highest BCUT2D eigenvalue weighted by Crippen LogP contribution is 2.25. The summed E-state index contributed by atoms with van der Waals surface area (Å²) in [6.07, 6.45) is 0. The first kappa shape index (κ1) is 20.4. The van der Waals surface area contributed by atoms with Gasteiger partial charge in [0, 0.05) is 45.2 Å². The van der Waals surface area contributed by atoms with Crippen LogP contribution in [0.2, 0.25) is 5.02 Å². The fourth-order valence-corrected chi connectivity index (χ4v) is 3.09. The number of rotatable bonds is 6. The molecule has 0 aliphatic carbocycles. The zero-order valence-corrected chi connectivity index (χ0v) is 16.7. The third kappa shape index (κ3) is 5.80. The first-order chi connectivity index (χ1) is 12.5. The number of hydrogen-bond acceptors (Lipinski definition) is 3. The second-order valence-corrected chi connectivity index (χ2v) is 7.01. The van der Waals surface area contributed by atoms with Gasteiger partial charge in [-0.25, -0.2) is 0 Å². The van der Waals surface area contributed by atoms with Crippen molar-refractivity contribution in [3.8, 4) is 0 Å². The van der Waals surface area contributed by atoms with Crippen molar-refractivity contribution in [2.24, 2.45) is 10.9 Å². The molecule has 0 radical (unpaired) electrons. The Morgan fingerprint density at radius 1 is 1.19 bits per heavy atom. The standard InChI is InChI=1S/C19H30ClN5O/c1-4-21-19(23-10-9-22-18(26)15(2)3)25-13-11-24(12-14-25)17-8-6-5-7-16(17)20/h5-8,15H,4,9-14H2,1-3H3,(H,21,23)(H,22,26). The Labute approximate surface area is 161 Å². The van der Waals surface area contributed by atoms with Crippen molar-refractivity contribution in [2.75, 3.05) is 50.7 Å². The third-order valence-corrected chi connectivity index (χ3v) is 4.62. The molecule has 1 aliphatic heterocycles. The van der Waals surface area contributed by atoms with Crippen LogP contribution in [0.4, 0.5) is 5.69 Å². The van der Waals surface area contributed by atoms with Crippen LogP contribution in [-0.4, -0.2) is 62.6 Å². The Morgan fingerprint density at radius 3 is 2.50 bits per heavy atom. The van der Waals surface area contributed by atoms with Gasteiger partial charge in [-0.05, 0) is 19.1 Å². The lowest BCUT2D eigenvalue weighted by Gasteiger charge is -2.38. The van der Waals surface area contributed by atoms with E-state index < -0.39 is 0 Å². The summed E-state index contributed by atoms with van der Waals surface area (Å²) in [5, 5.41) is 7.04. The Morgan fingerprint density at radius 2 is 1.88 bits per heavy atom. The van der Waals surface area contributed by atoms with Gasteiger partial charge < -0.3 is 20.4 Å². The van der Waals surface area contributed by atoms with Gasteiger partial charge in [0.15, 0.2) is 5.96 Å². The van der Waals surface area contributed by atoms with Crippen molar-refractivity contribution in [3.05, 3.63) is 29.3 Å². The Hall–Kier alpha value is -1.95. The fourth-order valence-electron chi connectivity index (χ4n) is 2.84. The molecule has 1 aromatic rings. The molecule has 2 rings (SSSR count). The van der Waals surface area contributed by atoms with Crippen molar-refractivity contribution in [1.82, 2.24) is 15.5 Å². The molecule has 0 spiro atoms. The first-order valence-corrected chi connectivity index (χ1v) is 9.71. The molecule has 1 amide bonds. The maximum absolute atomic E-state index is 11.6. The van der Waals surface area contributed by atoms with Crippen molar-refractivity contribution >= 4 is 29.2 Å². The Kier molecular flexibility index (Phi) is 8.04. The molecule has 144 valence electrons. The maximum Gasteiger partial charge on any atom is 0.222 e. The van der Waals surface area contributed by atoms with Crippen molar-refractivity contribution < 1.29 is 4.79 Å². The van der Waals surface area contributed by atoms with Gasteiger partial charge in [0.05, 0.1) is 17.3 Å². The largest absolute Gasteiger partial charge is 0.367 e. The second kappa shape index (κ2) is 10.3.